The zero-order valence-electron chi connectivity index (χ0n) is 17.5. The first-order valence-corrected chi connectivity index (χ1v) is 11.0. The van der Waals surface area contributed by atoms with Crippen molar-refractivity contribution in [3.8, 4) is 0 Å². The first kappa shape index (κ1) is 28.1. The molecule has 1 unspecified atom stereocenters. The summed E-state index contributed by atoms with van der Waals surface area (Å²) in [5.41, 5.74) is 0. The number of nitrogens with zero attached hydrogens (tertiary/aromatic N) is 2. The molecule has 156 valence electrons. The average Bonchev–Trinajstić information content (AvgIpc) is 2.63. The van der Waals surface area contributed by atoms with Gasteiger partial charge in [0.25, 0.3) is 0 Å². The highest BCUT2D eigenvalue weighted by Crippen LogP contribution is 2.03. The van der Waals surface area contributed by atoms with E-state index in [1.165, 1.54) is 0 Å². The van der Waals surface area contributed by atoms with E-state index < -0.39 is 0 Å². The number of hydrogen-bond acceptors (Lipinski definition) is 4. The summed E-state index contributed by atoms with van der Waals surface area (Å²) in [5, 5.41) is -0.322. The van der Waals surface area contributed by atoms with Crippen molar-refractivity contribution in [3.05, 3.63) is 0 Å². The van der Waals surface area contributed by atoms with Crippen molar-refractivity contribution in [2.24, 2.45) is 0 Å². The second-order valence-electron chi connectivity index (χ2n) is 6.32. The molecule has 0 aromatic carbocycles. The molecule has 0 aromatic heterocycles. The molecule has 0 N–H and O–H groups in total. The molecule has 0 heterocycles. The first-order chi connectivity index (χ1) is 12.4. The summed E-state index contributed by atoms with van der Waals surface area (Å²) in [7, 11) is 0. The van der Waals surface area contributed by atoms with Gasteiger partial charge in [0.2, 0.25) is 0 Å². The van der Waals surface area contributed by atoms with Crippen LogP contribution in [0.3, 0.4) is 0 Å². The summed E-state index contributed by atoms with van der Waals surface area (Å²) in [5.74, 6) is 0.917. The van der Waals surface area contributed by atoms with Crippen LogP contribution in [0.25, 0.3) is 0 Å². The summed E-state index contributed by atoms with van der Waals surface area (Å²) >= 11 is 11.1. The Morgan fingerprint density at radius 3 is 1.58 bits per heavy atom. The van der Waals surface area contributed by atoms with Crippen LogP contribution in [0.5, 0.6) is 0 Å². The van der Waals surface area contributed by atoms with Crippen LogP contribution < -0.4 is 0 Å². The average molecular weight is 411 g/mol. The van der Waals surface area contributed by atoms with Gasteiger partial charge in [0.1, 0.15) is 11.6 Å². The third-order valence-corrected chi connectivity index (χ3v) is 4.87. The maximum atomic E-state index is 11.2. The molecule has 4 nitrogen and oxygen atoms in total. The van der Waals surface area contributed by atoms with Crippen LogP contribution in [0.2, 0.25) is 0 Å². The van der Waals surface area contributed by atoms with E-state index in [0.717, 1.165) is 52.1 Å². The first-order valence-electron chi connectivity index (χ1n) is 10.0. The fraction of sp³-hybridized carbons (Fsp3) is 0.900. The second kappa shape index (κ2) is 19.6. The van der Waals surface area contributed by atoms with Crippen LogP contribution in [0.4, 0.5) is 0 Å². The van der Waals surface area contributed by atoms with Gasteiger partial charge in [0.05, 0.1) is 5.38 Å². The smallest absolute Gasteiger partial charge is 0.150 e. The topological polar surface area (TPSA) is 40.6 Å². The lowest BCUT2D eigenvalue weighted by atomic mass is 10.2. The standard InChI is InChI=1S/2C10H20ClNO/c1-4-12(5-2)8-6-7-10(13)9(3)11;1-3-12(4-2)9-5-6-10(13)7-8-11/h9H,4-8H2,1-3H3;3-9H2,1-2H3. The number of ketones is 2. The fourth-order valence-electron chi connectivity index (χ4n) is 2.49. The van der Waals surface area contributed by atoms with E-state index in [1.807, 2.05) is 0 Å². The van der Waals surface area contributed by atoms with Gasteiger partial charge in [-0.2, -0.15) is 0 Å². The maximum absolute atomic E-state index is 11.2. The molecule has 0 aromatic rings. The monoisotopic (exact) mass is 410 g/mol. The molecule has 0 radical (unpaired) electrons. The van der Waals surface area contributed by atoms with Gasteiger partial charge >= 0.3 is 0 Å². The van der Waals surface area contributed by atoms with E-state index in [-0.39, 0.29) is 11.2 Å². The SMILES string of the molecule is CCN(CC)CCCC(=O)C(C)Cl.CCN(CC)CCCC(=O)CCCl. The number of rotatable bonds is 15. The van der Waals surface area contributed by atoms with Crippen molar-refractivity contribution in [3.63, 3.8) is 0 Å². The molecule has 0 spiro atoms. The molecule has 0 aliphatic heterocycles. The van der Waals surface area contributed by atoms with Gasteiger partial charge in [0.15, 0.2) is 0 Å². The summed E-state index contributed by atoms with van der Waals surface area (Å²) in [6.45, 7) is 16.6. The van der Waals surface area contributed by atoms with Crippen molar-refractivity contribution in [1.82, 2.24) is 9.80 Å². The van der Waals surface area contributed by atoms with E-state index >= 15 is 0 Å². The minimum atomic E-state index is -0.322. The van der Waals surface area contributed by atoms with Crippen molar-refractivity contribution < 1.29 is 9.59 Å². The van der Waals surface area contributed by atoms with Crippen LogP contribution >= 0.6 is 23.2 Å². The Morgan fingerprint density at radius 1 is 0.808 bits per heavy atom. The normalized spacial score (nSPS) is 12.0. The predicted molar refractivity (Wildman–Crippen MR) is 115 cm³/mol. The van der Waals surface area contributed by atoms with Gasteiger partial charge < -0.3 is 9.80 Å². The van der Waals surface area contributed by atoms with Crippen molar-refractivity contribution >= 4 is 34.8 Å². The third-order valence-electron chi connectivity index (χ3n) is 4.43. The molecule has 0 rings (SSSR count). The lowest BCUT2D eigenvalue weighted by molar-refractivity contribution is -0.119. The number of Topliss-reactive ketones (excluding diaryl/α,β-unsaturated/α-hetero) is 2. The molecule has 0 saturated heterocycles. The van der Waals surface area contributed by atoms with Gasteiger partial charge in [0, 0.05) is 25.1 Å². The second-order valence-corrected chi connectivity index (χ2v) is 7.35. The number of alkyl halides is 2. The Labute approximate surface area is 171 Å². The lowest BCUT2D eigenvalue weighted by Gasteiger charge is -2.17. The molecular formula is C20H40Cl2N2O2. The van der Waals surface area contributed by atoms with Crippen molar-refractivity contribution in [2.75, 3.05) is 45.1 Å². The van der Waals surface area contributed by atoms with E-state index in [4.69, 9.17) is 23.2 Å². The number of carbonyl (C=O) groups is 2. The van der Waals surface area contributed by atoms with Gasteiger partial charge in [-0.25, -0.2) is 0 Å². The van der Waals surface area contributed by atoms with Crippen LogP contribution in [0.15, 0.2) is 0 Å². The number of halogens is 2. The Morgan fingerprint density at radius 2 is 1.23 bits per heavy atom. The Hall–Kier alpha value is -0.160. The van der Waals surface area contributed by atoms with Crippen molar-refractivity contribution in [2.45, 2.75) is 72.1 Å². The molecular weight excluding hydrogens is 371 g/mol. The lowest BCUT2D eigenvalue weighted by Crippen LogP contribution is -2.25. The quantitative estimate of drug-likeness (QED) is 0.369. The number of hydrogen-bond donors (Lipinski definition) is 0. The highest BCUT2D eigenvalue weighted by Gasteiger charge is 2.09. The summed E-state index contributed by atoms with van der Waals surface area (Å²) < 4.78 is 0. The molecule has 26 heavy (non-hydrogen) atoms. The summed E-state index contributed by atoms with van der Waals surface area (Å²) in [4.78, 5) is 26.9. The van der Waals surface area contributed by atoms with Gasteiger partial charge in [-0.3, -0.25) is 9.59 Å². The third kappa shape index (κ3) is 17.3. The van der Waals surface area contributed by atoms with Crippen LogP contribution in [0.1, 0.15) is 66.7 Å². The van der Waals surface area contributed by atoms with Gasteiger partial charge in [-0.15, -0.1) is 23.2 Å². The van der Waals surface area contributed by atoms with Crippen LogP contribution in [-0.2, 0) is 9.59 Å². The molecule has 1 atom stereocenters. The minimum Gasteiger partial charge on any atom is -0.304 e. The zero-order valence-corrected chi connectivity index (χ0v) is 19.0. The fourth-order valence-corrected chi connectivity index (χ4v) is 2.81. The van der Waals surface area contributed by atoms with E-state index in [1.54, 1.807) is 6.92 Å². The van der Waals surface area contributed by atoms with E-state index in [9.17, 15) is 9.59 Å². The van der Waals surface area contributed by atoms with Crippen molar-refractivity contribution in [1.29, 1.82) is 0 Å². The predicted octanol–water partition coefficient (Wildman–Crippen LogP) is 4.61. The Kier molecular flexibility index (Phi) is 21.1. The maximum Gasteiger partial charge on any atom is 0.150 e. The summed E-state index contributed by atoms with van der Waals surface area (Å²) in [6.07, 6.45) is 3.72. The molecule has 0 aliphatic carbocycles. The van der Waals surface area contributed by atoms with Crippen LogP contribution in [0, 0.1) is 0 Å². The molecule has 0 bridgehead atoms. The highest BCUT2D eigenvalue weighted by atomic mass is 35.5. The zero-order chi connectivity index (χ0) is 20.4. The van der Waals surface area contributed by atoms with Crippen LogP contribution in [-0.4, -0.2) is 71.9 Å². The van der Waals surface area contributed by atoms with Gasteiger partial charge in [-0.05, 0) is 59.0 Å². The molecule has 0 aliphatic rings. The molecule has 0 fully saturated rings. The molecule has 0 amide bonds. The Balaban J connectivity index is 0. The summed E-state index contributed by atoms with van der Waals surface area (Å²) in [6, 6.07) is 0. The van der Waals surface area contributed by atoms with Gasteiger partial charge in [-0.1, -0.05) is 27.7 Å². The minimum absolute atomic E-state index is 0.161. The number of carbonyl (C=O) groups excluding carboxylic acids is 2. The van der Waals surface area contributed by atoms with E-state index in [0.29, 0.717) is 30.9 Å². The van der Waals surface area contributed by atoms with E-state index in [2.05, 4.69) is 37.5 Å². The largest absolute Gasteiger partial charge is 0.304 e. The highest BCUT2D eigenvalue weighted by molar-refractivity contribution is 6.30. The molecule has 0 saturated carbocycles. The Bertz CT molecular complexity index is 345. The molecule has 6 heteroatoms.